The van der Waals surface area contributed by atoms with Gasteiger partial charge in [-0.3, -0.25) is 0 Å². The molecule has 0 rings (SSSR count). The molecular weight excluding hydrogens is 683 g/mol. The van der Waals surface area contributed by atoms with Gasteiger partial charge in [0.2, 0.25) is 0 Å². The molecule has 0 fully saturated rings. The van der Waals surface area contributed by atoms with E-state index in [0.29, 0.717) is 13.3 Å². The summed E-state index contributed by atoms with van der Waals surface area (Å²) >= 11 is 9.54. The van der Waals surface area contributed by atoms with Gasteiger partial charge in [0.25, 0.3) is 0 Å². The standard InChI is InChI=1S/4CH4.I3.I2/c;;;;1-3-2;1-2/h4*1H4;;/q;;;;-1;. The predicted molar refractivity (Wildman–Crippen MR) is 83.0 cm³/mol. The van der Waals surface area contributed by atoms with E-state index >= 15 is 0 Å². The second-order valence-corrected chi connectivity index (χ2v) is 16.3. The van der Waals surface area contributed by atoms with Crippen LogP contribution in [0.2, 0.25) is 0 Å². The second-order valence-electron chi connectivity index (χ2n) is 0.0540. The van der Waals surface area contributed by atoms with Crippen LogP contribution >= 0.6 is 74.5 Å². The molecule has 5 heteroatoms. The first-order chi connectivity index (χ1) is 2.41. The van der Waals surface area contributed by atoms with Gasteiger partial charge in [-0.1, -0.05) is 29.7 Å². The summed E-state index contributed by atoms with van der Waals surface area (Å²) in [5.41, 5.74) is 0. The molecule has 0 saturated heterocycles. The molecule has 0 radical (unpaired) electrons. The van der Waals surface area contributed by atoms with Crippen LogP contribution in [0.15, 0.2) is 0 Å². The molecule has 0 unspecified atom stereocenters. The van der Waals surface area contributed by atoms with Gasteiger partial charge in [-0.15, -0.1) is 0 Å². The van der Waals surface area contributed by atoms with E-state index in [9.17, 15) is 0 Å². The Hall–Kier alpha value is 3.65. The van der Waals surface area contributed by atoms with Gasteiger partial charge in [0.1, 0.15) is 0 Å². The van der Waals surface area contributed by atoms with Crippen molar-refractivity contribution in [2.75, 3.05) is 0 Å². The molecular formula is C4H16I5-. The minimum atomic E-state index is 0. The van der Waals surface area contributed by atoms with E-state index in [4.69, 9.17) is 0 Å². The van der Waals surface area contributed by atoms with E-state index in [1.165, 1.54) is 0 Å². The zero-order chi connectivity index (χ0) is 4.71. The van der Waals surface area contributed by atoms with Gasteiger partial charge in [-0.05, 0) is 0 Å². The summed E-state index contributed by atoms with van der Waals surface area (Å²) in [7, 11) is 0. The van der Waals surface area contributed by atoms with Crippen LogP contribution in [0.3, 0.4) is 0 Å². The van der Waals surface area contributed by atoms with Crippen molar-refractivity contribution in [1.82, 2.24) is 0 Å². The number of hydrogen-bond acceptors (Lipinski definition) is 0. The molecule has 0 aromatic carbocycles. The normalized spacial score (nSPS) is 3.11. The molecule has 0 saturated carbocycles. The van der Waals surface area contributed by atoms with Crippen LogP contribution in [-0.2, 0) is 0 Å². The summed E-state index contributed by atoms with van der Waals surface area (Å²) in [4.78, 5) is 0. The Balaban J connectivity index is -0.00000000357. The fourth-order valence-electron chi connectivity index (χ4n) is 0. The molecule has 0 aromatic heterocycles. The molecule has 68 valence electrons. The summed E-state index contributed by atoms with van der Waals surface area (Å²) in [6.07, 6.45) is 0. The van der Waals surface area contributed by atoms with Crippen LogP contribution in [0.4, 0.5) is 0 Å². The fraction of sp³-hybridized carbons (Fsp3) is 1.00. The Morgan fingerprint density at radius 2 is 0.667 bits per heavy atom. The summed E-state index contributed by atoms with van der Waals surface area (Å²) in [5.74, 6) is 0. The Morgan fingerprint density at radius 1 is 0.667 bits per heavy atom. The first kappa shape index (κ1) is 38.8. The Kier molecular flexibility index (Phi) is 264. The van der Waals surface area contributed by atoms with Gasteiger partial charge < -0.3 is 0 Å². The molecule has 0 nitrogen and oxygen atoms in total. The molecule has 0 aliphatic heterocycles. The molecule has 0 amide bonds. The maximum absolute atomic E-state index is 2.39. The molecule has 0 aliphatic carbocycles. The van der Waals surface area contributed by atoms with Gasteiger partial charge in [0.15, 0.2) is 0 Å². The molecule has 0 N–H and O–H groups in total. The first-order valence-electron chi connectivity index (χ1n) is 0.429. The van der Waals surface area contributed by atoms with Gasteiger partial charge in [-0.2, -0.15) is 0 Å². The molecule has 0 atom stereocenters. The van der Waals surface area contributed by atoms with Crippen LogP contribution in [0.5, 0.6) is 0 Å². The van der Waals surface area contributed by atoms with Crippen LogP contribution in [0, 0.1) is 0 Å². The second kappa shape index (κ2) is 61.1. The maximum atomic E-state index is 2.39. The molecule has 0 heterocycles. The van der Waals surface area contributed by atoms with E-state index in [-0.39, 0.29) is 29.7 Å². The van der Waals surface area contributed by atoms with E-state index in [2.05, 4.69) is 74.5 Å². The zero-order valence-corrected chi connectivity index (χ0v) is 12.7. The minimum absolute atomic E-state index is 0. The average Bonchev–Trinajstić information content (AvgIpc) is 1.46. The van der Waals surface area contributed by atoms with Crippen molar-refractivity contribution in [3.63, 3.8) is 0 Å². The van der Waals surface area contributed by atoms with E-state index in [1.807, 2.05) is 0 Å². The van der Waals surface area contributed by atoms with Crippen molar-refractivity contribution < 1.29 is 13.3 Å². The topological polar surface area (TPSA) is 0 Å². The van der Waals surface area contributed by atoms with Crippen LogP contribution in [-0.4, -0.2) is 0 Å². The Labute approximate surface area is 114 Å². The monoisotopic (exact) mass is 699 g/mol. The number of halogens is 5. The zero-order valence-electron chi connectivity index (χ0n) is 1.89. The van der Waals surface area contributed by atoms with E-state index in [1.54, 1.807) is 0 Å². The van der Waals surface area contributed by atoms with Crippen LogP contribution in [0.1, 0.15) is 29.7 Å². The summed E-state index contributed by atoms with van der Waals surface area (Å²) in [6.45, 7) is 0. The van der Waals surface area contributed by atoms with Crippen molar-refractivity contribution in [3.8, 4) is 0 Å². The van der Waals surface area contributed by atoms with Gasteiger partial charge in [-0.25, -0.2) is 0 Å². The van der Waals surface area contributed by atoms with Crippen molar-refractivity contribution in [2.45, 2.75) is 29.7 Å². The van der Waals surface area contributed by atoms with Crippen molar-refractivity contribution in [2.24, 2.45) is 0 Å². The fourth-order valence-corrected chi connectivity index (χ4v) is 0. The van der Waals surface area contributed by atoms with E-state index in [0.717, 1.165) is 0 Å². The first-order valence-corrected chi connectivity index (χ1v) is 19.3. The summed E-state index contributed by atoms with van der Waals surface area (Å²) < 4.78 is 0. The van der Waals surface area contributed by atoms with E-state index < -0.39 is 0 Å². The SMILES string of the molecule is C.C.C.C.II.I[I-]I. The Morgan fingerprint density at radius 3 is 0.667 bits per heavy atom. The number of hydrogen-bond donors (Lipinski definition) is 0. The third-order valence-electron chi connectivity index (χ3n) is 0. The molecule has 9 heavy (non-hydrogen) atoms. The quantitative estimate of drug-likeness (QED) is 0.342. The van der Waals surface area contributed by atoms with Gasteiger partial charge >= 0.3 is 50.5 Å². The summed E-state index contributed by atoms with van der Waals surface area (Å²) in [5, 5.41) is 0. The van der Waals surface area contributed by atoms with Gasteiger partial charge in [0.05, 0.1) is 0 Å². The third kappa shape index (κ3) is 81.4. The molecule has 0 spiro atoms. The summed E-state index contributed by atoms with van der Waals surface area (Å²) in [6, 6.07) is 0. The van der Waals surface area contributed by atoms with Crippen molar-refractivity contribution in [1.29, 1.82) is 0 Å². The van der Waals surface area contributed by atoms with Crippen molar-refractivity contribution >= 4 is 74.5 Å². The molecule has 0 bridgehead atoms. The third-order valence-corrected chi connectivity index (χ3v) is 0. The predicted octanol–water partition coefficient (Wildman–Crippen LogP) is 3.09. The van der Waals surface area contributed by atoms with Crippen LogP contribution in [0.25, 0.3) is 0 Å². The van der Waals surface area contributed by atoms with Crippen LogP contribution < -0.4 is 13.3 Å². The van der Waals surface area contributed by atoms with Crippen molar-refractivity contribution in [3.05, 3.63) is 0 Å². The van der Waals surface area contributed by atoms with Gasteiger partial charge in [0, 0.05) is 37.2 Å². The average molecular weight is 699 g/mol. The molecule has 0 aromatic rings. The Bertz CT molecular complexity index is 8.92. The number of rotatable bonds is 0. The molecule has 0 aliphatic rings.